The van der Waals surface area contributed by atoms with E-state index in [0.717, 1.165) is 18.6 Å². The van der Waals surface area contributed by atoms with Crippen molar-refractivity contribution in [3.8, 4) is 0 Å². The third kappa shape index (κ3) is 3.15. The quantitative estimate of drug-likeness (QED) is 0.760. The highest BCUT2D eigenvalue weighted by atomic mass is 19.1. The van der Waals surface area contributed by atoms with E-state index in [2.05, 4.69) is 13.8 Å². The fourth-order valence-electron chi connectivity index (χ4n) is 1.34. The van der Waals surface area contributed by atoms with Crippen LogP contribution in [0.15, 0.2) is 18.2 Å². The minimum atomic E-state index is -0.293. The summed E-state index contributed by atoms with van der Waals surface area (Å²) in [7, 11) is 0. The van der Waals surface area contributed by atoms with Crippen LogP contribution in [0.4, 0.5) is 4.39 Å². The van der Waals surface area contributed by atoms with E-state index < -0.39 is 0 Å². The molecule has 1 aromatic carbocycles. The van der Waals surface area contributed by atoms with Crippen LogP contribution >= 0.6 is 0 Å². The van der Waals surface area contributed by atoms with Crippen LogP contribution in [-0.4, -0.2) is 5.11 Å². The van der Waals surface area contributed by atoms with Crippen LogP contribution in [0.3, 0.4) is 0 Å². The molecule has 13 heavy (non-hydrogen) atoms. The zero-order valence-electron chi connectivity index (χ0n) is 7.92. The smallest absolute Gasteiger partial charge is 0.123 e. The Kier molecular flexibility index (Phi) is 3.43. The second-order valence-corrected chi connectivity index (χ2v) is 3.62. The molecule has 1 nitrogen and oxygen atoms in total. The van der Waals surface area contributed by atoms with Gasteiger partial charge in [-0.3, -0.25) is 0 Å². The van der Waals surface area contributed by atoms with Gasteiger partial charge < -0.3 is 5.11 Å². The molecule has 1 aromatic rings. The van der Waals surface area contributed by atoms with Gasteiger partial charge in [0.1, 0.15) is 12.4 Å². The second-order valence-electron chi connectivity index (χ2n) is 3.62. The lowest BCUT2D eigenvalue weighted by Crippen LogP contribution is -1.96. The lowest BCUT2D eigenvalue weighted by atomic mass is 10.0. The van der Waals surface area contributed by atoms with Crippen LogP contribution in [0.5, 0.6) is 0 Å². The highest BCUT2D eigenvalue weighted by molar-refractivity contribution is 5.28. The molecule has 0 amide bonds. The number of benzene rings is 1. The summed E-state index contributed by atoms with van der Waals surface area (Å²) in [6, 6.07) is 4.61. The average Bonchev–Trinajstić information content (AvgIpc) is 2.01. The van der Waals surface area contributed by atoms with Crippen LogP contribution in [-0.2, 0) is 6.42 Å². The Balaban J connectivity index is 2.88. The Bertz CT molecular complexity index is 281. The van der Waals surface area contributed by atoms with Gasteiger partial charge in [0, 0.05) is 0 Å². The molecule has 0 heterocycles. The molecule has 0 unspecified atom stereocenters. The first kappa shape index (κ1) is 10.2. The van der Waals surface area contributed by atoms with Crippen molar-refractivity contribution < 1.29 is 9.50 Å². The Hall–Kier alpha value is -0.890. The number of hydrogen-bond donors (Lipinski definition) is 1. The van der Waals surface area contributed by atoms with Crippen LogP contribution in [0.2, 0.25) is 0 Å². The molecule has 0 aliphatic heterocycles. The molecule has 1 radical (unpaired) electrons. The van der Waals surface area contributed by atoms with Gasteiger partial charge in [-0.1, -0.05) is 19.9 Å². The molecule has 0 aliphatic carbocycles. The highest BCUT2D eigenvalue weighted by Gasteiger charge is 2.02. The van der Waals surface area contributed by atoms with Crippen molar-refractivity contribution in [1.29, 1.82) is 0 Å². The van der Waals surface area contributed by atoms with Crippen LogP contribution < -0.4 is 0 Å². The van der Waals surface area contributed by atoms with Gasteiger partial charge in [-0.05, 0) is 35.6 Å². The molecule has 0 fully saturated rings. The van der Waals surface area contributed by atoms with E-state index in [0.29, 0.717) is 11.5 Å². The van der Waals surface area contributed by atoms with Gasteiger partial charge >= 0.3 is 0 Å². The van der Waals surface area contributed by atoms with Gasteiger partial charge in [-0.15, -0.1) is 0 Å². The second kappa shape index (κ2) is 4.38. The molecule has 0 spiro atoms. The normalized spacial score (nSPS) is 10.8. The van der Waals surface area contributed by atoms with Gasteiger partial charge in [-0.25, -0.2) is 4.39 Å². The number of rotatable bonds is 3. The summed E-state index contributed by atoms with van der Waals surface area (Å²) in [6.45, 7) is 5.08. The minimum absolute atomic E-state index is 0.293. The van der Waals surface area contributed by atoms with Crippen molar-refractivity contribution in [2.75, 3.05) is 0 Å². The van der Waals surface area contributed by atoms with Crippen molar-refractivity contribution in [3.05, 3.63) is 41.8 Å². The maximum absolute atomic E-state index is 12.9. The van der Waals surface area contributed by atoms with Gasteiger partial charge in [0.05, 0.1) is 0 Å². The Morgan fingerprint density at radius 2 is 2.08 bits per heavy atom. The molecule has 1 N–H and O–H groups in total. The molecule has 0 saturated heterocycles. The summed E-state index contributed by atoms with van der Waals surface area (Å²) < 4.78 is 12.9. The van der Waals surface area contributed by atoms with Crippen molar-refractivity contribution in [1.82, 2.24) is 0 Å². The Morgan fingerprint density at radius 1 is 1.38 bits per heavy atom. The summed E-state index contributed by atoms with van der Waals surface area (Å²) >= 11 is 0. The lowest BCUT2D eigenvalue weighted by Gasteiger charge is -2.06. The predicted molar refractivity (Wildman–Crippen MR) is 50.3 cm³/mol. The molecule has 0 saturated carbocycles. The third-order valence-corrected chi connectivity index (χ3v) is 1.77. The maximum Gasteiger partial charge on any atom is 0.123 e. The van der Waals surface area contributed by atoms with Crippen molar-refractivity contribution in [2.45, 2.75) is 20.3 Å². The lowest BCUT2D eigenvalue weighted by molar-refractivity contribution is 0.413. The maximum atomic E-state index is 12.9. The van der Waals surface area contributed by atoms with Gasteiger partial charge in [0.15, 0.2) is 0 Å². The predicted octanol–water partition coefficient (Wildman–Crippen LogP) is 2.91. The van der Waals surface area contributed by atoms with Crippen LogP contribution in [0.1, 0.15) is 25.0 Å². The summed E-state index contributed by atoms with van der Waals surface area (Å²) in [5.41, 5.74) is 1.45. The van der Waals surface area contributed by atoms with Gasteiger partial charge in [0.25, 0.3) is 0 Å². The molecule has 0 bridgehead atoms. The first-order chi connectivity index (χ1) is 6.11. The van der Waals surface area contributed by atoms with E-state index in [1.807, 2.05) is 0 Å². The largest absolute Gasteiger partial charge is 0.385 e. The van der Waals surface area contributed by atoms with E-state index in [-0.39, 0.29) is 5.82 Å². The topological polar surface area (TPSA) is 20.2 Å². The first-order valence-electron chi connectivity index (χ1n) is 4.38. The Labute approximate surface area is 78.2 Å². The minimum Gasteiger partial charge on any atom is -0.385 e. The fourth-order valence-corrected chi connectivity index (χ4v) is 1.34. The van der Waals surface area contributed by atoms with E-state index in [1.165, 1.54) is 12.1 Å². The van der Waals surface area contributed by atoms with Crippen molar-refractivity contribution in [2.24, 2.45) is 5.92 Å². The number of halogens is 1. The monoisotopic (exact) mass is 181 g/mol. The summed E-state index contributed by atoms with van der Waals surface area (Å²) in [5, 5.41) is 8.73. The van der Waals surface area contributed by atoms with Crippen molar-refractivity contribution >= 4 is 0 Å². The van der Waals surface area contributed by atoms with E-state index in [1.54, 1.807) is 6.07 Å². The van der Waals surface area contributed by atoms with E-state index in [9.17, 15) is 4.39 Å². The standard InChI is InChI=1S/C11H14FO/c1-8(2)3-9-4-10(7-13)6-11(12)5-9/h4-8,13H,3H2,1-2H3. The molecule has 2 heteroatoms. The van der Waals surface area contributed by atoms with E-state index in [4.69, 9.17) is 5.11 Å². The average molecular weight is 181 g/mol. The Morgan fingerprint density at radius 3 is 2.62 bits per heavy atom. The number of aliphatic hydroxyl groups is 1. The molecule has 0 aliphatic rings. The summed E-state index contributed by atoms with van der Waals surface area (Å²) in [6.07, 6.45) is 0.832. The zero-order chi connectivity index (χ0) is 9.84. The van der Waals surface area contributed by atoms with Gasteiger partial charge in [-0.2, -0.15) is 0 Å². The summed E-state index contributed by atoms with van der Waals surface area (Å²) in [4.78, 5) is 0. The van der Waals surface area contributed by atoms with Crippen LogP contribution in [0.25, 0.3) is 0 Å². The molecule has 0 atom stereocenters. The first-order valence-corrected chi connectivity index (χ1v) is 4.38. The molecular formula is C11H14FO. The van der Waals surface area contributed by atoms with Crippen molar-refractivity contribution in [3.63, 3.8) is 0 Å². The zero-order valence-corrected chi connectivity index (χ0v) is 7.92. The fraction of sp³-hybridized carbons (Fsp3) is 0.364. The number of aliphatic hydroxyl groups excluding tert-OH is 1. The third-order valence-electron chi connectivity index (χ3n) is 1.77. The molecule has 71 valence electrons. The molecule has 0 aromatic heterocycles. The van der Waals surface area contributed by atoms with E-state index >= 15 is 0 Å². The van der Waals surface area contributed by atoms with Crippen LogP contribution in [0, 0.1) is 18.3 Å². The SMILES string of the molecule is CC(C)Cc1cc(F)cc([CH]O)c1. The summed E-state index contributed by atoms with van der Waals surface area (Å²) in [5.74, 6) is 0.201. The molecule has 1 rings (SSSR count). The number of hydrogen-bond acceptors (Lipinski definition) is 1. The molecular weight excluding hydrogens is 167 g/mol. The van der Waals surface area contributed by atoms with Gasteiger partial charge in [0.2, 0.25) is 0 Å². The highest BCUT2D eigenvalue weighted by Crippen LogP contribution is 2.13.